The average Bonchev–Trinajstić information content (AvgIpc) is 3.28. The predicted molar refractivity (Wildman–Crippen MR) is 130 cm³/mol. The van der Waals surface area contributed by atoms with Crippen LogP contribution in [-0.4, -0.2) is 57.3 Å². The van der Waals surface area contributed by atoms with Gasteiger partial charge in [-0.1, -0.05) is 24.3 Å². The fourth-order valence-electron chi connectivity index (χ4n) is 4.46. The summed E-state index contributed by atoms with van der Waals surface area (Å²) in [6, 6.07) is 14.1. The smallest absolute Gasteiger partial charge is 0.319 e. The van der Waals surface area contributed by atoms with Gasteiger partial charge in [0.1, 0.15) is 5.82 Å². The van der Waals surface area contributed by atoms with E-state index < -0.39 is 0 Å². The van der Waals surface area contributed by atoms with Gasteiger partial charge in [0.25, 0.3) is 0 Å². The van der Waals surface area contributed by atoms with Crippen molar-refractivity contribution in [2.24, 2.45) is 13.0 Å². The summed E-state index contributed by atoms with van der Waals surface area (Å²) < 4.78 is 14.6. The van der Waals surface area contributed by atoms with Gasteiger partial charge in [0.2, 0.25) is 0 Å². The van der Waals surface area contributed by atoms with Crippen LogP contribution in [0.5, 0.6) is 0 Å². The number of amides is 2. The number of nitrogens with one attached hydrogen (secondary N) is 2. The highest BCUT2D eigenvalue weighted by molar-refractivity contribution is 5.89. The van der Waals surface area contributed by atoms with Gasteiger partial charge >= 0.3 is 6.03 Å². The number of aromatic nitrogens is 4. The number of rotatable bonds is 9. The van der Waals surface area contributed by atoms with Crippen LogP contribution >= 0.6 is 0 Å². The van der Waals surface area contributed by atoms with Gasteiger partial charge in [-0.05, 0) is 91.4 Å². The second kappa shape index (κ2) is 11.7. The third-order valence-electron chi connectivity index (χ3n) is 6.26. The minimum Gasteiger partial charge on any atom is -0.338 e. The van der Waals surface area contributed by atoms with Crippen LogP contribution in [0.4, 0.5) is 14.9 Å². The number of anilines is 1. The zero-order valence-corrected chi connectivity index (χ0v) is 19.6. The van der Waals surface area contributed by atoms with E-state index in [0.29, 0.717) is 24.0 Å². The molecular formula is C25H32FN7O. The van der Waals surface area contributed by atoms with Crippen molar-refractivity contribution < 1.29 is 9.18 Å². The number of aryl methyl sites for hydroxylation is 2. The van der Waals surface area contributed by atoms with Crippen molar-refractivity contribution in [3.8, 4) is 11.4 Å². The Bertz CT molecular complexity index is 1070. The number of nitrogens with zero attached hydrogens (tertiary/aromatic N) is 5. The van der Waals surface area contributed by atoms with Gasteiger partial charge < -0.3 is 15.5 Å². The van der Waals surface area contributed by atoms with Gasteiger partial charge in [-0.2, -0.15) is 0 Å². The lowest BCUT2D eigenvalue weighted by Crippen LogP contribution is -2.42. The van der Waals surface area contributed by atoms with Gasteiger partial charge in [-0.3, -0.25) is 0 Å². The largest absolute Gasteiger partial charge is 0.338 e. The molecule has 1 aromatic heterocycles. The number of carbonyl (C=O) groups excluding carboxylic acids is 1. The van der Waals surface area contributed by atoms with E-state index in [1.807, 2.05) is 36.4 Å². The molecule has 4 rings (SSSR count). The van der Waals surface area contributed by atoms with Crippen LogP contribution in [-0.2, 0) is 13.5 Å². The lowest BCUT2D eigenvalue weighted by Gasteiger charge is -2.32. The lowest BCUT2D eigenvalue weighted by atomic mass is 9.97. The first-order chi connectivity index (χ1) is 16.6. The highest BCUT2D eigenvalue weighted by Crippen LogP contribution is 2.20. The number of halogens is 1. The van der Waals surface area contributed by atoms with E-state index >= 15 is 0 Å². The molecule has 1 saturated heterocycles. The van der Waals surface area contributed by atoms with Crippen molar-refractivity contribution in [3.63, 3.8) is 0 Å². The molecule has 0 bridgehead atoms. The second-order valence-corrected chi connectivity index (χ2v) is 8.93. The Hall–Kier alpha value is -3.33. The van der Waals surface area contributed by atoms with E-state index in [4.69, 9.17) is 0 Å². The number of urea groups is 1. The summed E-state index contributed by atoms with van der Waals surface area (Å²) in [5.41, 5.74) is 2.73. The zero-order chi connectivity index (χ0) is 23.8. The Kier molecular flexibility index (Phi) is 8.19. The van der Waals surface area contributed by atoms with Crippen molar-refractivity contribution in [1.82, 2.24) is 30.4 Å². The van der Waals surface area contributed by atoms with Gasteiger partial charge in [0.15, 0.2) is 5.82 Å². The predicted octanol–water partition coefficient (Wildman–Crippen LogP) is 3.87. The summed E-state index contributed by atoms with van der Waals surface area (Å²) in [7, 11) is 1.78. The van der Waals surface area contributed by atoms with E-state index in [-0.39, 0.29) is 11.8 Å². The van der Waals surface area contributed by atoms with Crippen LogP contribution < -0.4 is 10.6 Å². The summed E-state index contributed by atoms with van der Waals surface area (Å²) >= 11 is 0. The highest BCUT2D eigenvalue weighted by Gasteiger charge is 2.20. The Morgan fingerprint density at radius 1 is 1.18 bits per heavy atom. The maximum atomic E-state index is 13.0. The monoisotopic (exact) mass is 465 g/mol. The SMILES string of the molecule is Cn1nnnc1-c1cccc(NC(=O)NC[C@@H]2CCCN(CCCCc3ccc(F)cc3)C2)c1. The topological polar surface area (TPSA) is 88.0 Å². The summed E-state index contributed by atoms with van der Waals surface area (Å²) in [4.78, 5) is 15.0. The molecule has 0 spiro atoms. The second-order valence-electron chi connectivity index (χ2n) is 8.93. The third kappa shape index (κ3) is 6.84. The zero-order valence-electron chi connectivity index (χ0n) is 19.6. The molecule has 180 valence electrons. The molecule has 2 heterocycles. The first kappa shape index (κ1) is 23.8. The van der Waals surface area contributed by atoms with Gasteiger partial charge in [0.05, 0.1) is 0 Å². The molecular weight excluding hydrogens is 433 g/mol. The molecule has 1 aliphatic rings. The number of unbranched alkanes of at least 4 members (excludes halogenated alkanes) is 1. The number of hydrogen-bond acceptors (Lipinski definition) is 5. The Morgan fingerprint density at radius 2 is 2.03 bits per heavy atom. The van der Waals surface area contributed by atoms with Crippen molar-refractivity contribution in [2.75, 3.05) is 31.5 Å². The number of piperidine rings is 1. The first-order valence-corrected chi connectivity index (χ1v) is 11.9. The van der Waals surface area contributed by atoms with E-state index in [2.05, 4.69) is 31.1 Å². The minimum atomic E-state index is -0.204. The fourth-order valence-corrected chi connectivity index (χ4v) is 4.46. The van der Waals surface area contributed by atoms with Crippen molar-refractivity contribution in [1.29, 1.82) is 0 Å². The molecule has 0 aliphatic carbocycles. The average molecular weight is 466 g/mol. The quantitative estimate of drug-likeness (QED) is 0.469. The van der Waals surface area contributed by atoms with Crippen LogP contribution in [0, 0.1) is 11.7 Å². The minimum absolute atomic E-state index is 0.182. The van der Waals surface area contributed by atoms with Crippen molar-refractivity contribution in [2.45, 2.75) is 32.1 Å². The number of tetrazole rings is 1. The van der Waals surface area contributed by atoms with Crippen LogP contribution in [0.1, 0.15) is 31.2 Å². The van der Waals surface area contributed by atoms with E-state index in [0.717, 1.165) is 57.3 Å². The van der Waals surface area contributed by atoms with Crippen LogP contribution in [0.2, 0.25) is 0 Å². The number of likely N-dealkylation sites (tertiary alicyclic amines) is 1. The normalized spacial score (nSPS) is 16.4. The summed E-state index contributed by atoms with van der Waals surface area (Å²) in [5, 5.41) is 17.5. The van der Waals surface area contributed by atoms with Crippen LogP contribution in [0.3, 0.4) is 0 Å². The summed E-state index contributed by atoms with van der Waals surface area (Å²) in [5.74, 6) is 0.912. The van der Waals surface area contributed by atoms with Gasteiger partial charge in [-0.15, -0.1) is 5.10 Å². The van der Waals surface area contributed by atoms with Gasteiger partial charge in [0, 0.05) is 31.4 Å². The molecule has 3 aromatic rings. The maximum Gasteiger partial charge on any atom is 0.319 e. The molecule has 0 unspecified atom stereocenters. The Balaban J connectivity index is 1.17. The maximum absolute atomic E-state index is 13.0. The van der Waals surface area contributed by atoms with E-state index in [1.54, 1.807) is 11.7 Å². The van der Waals surface area contributed by atoms with Crippen LogP contribution in [0.15, 0.2) is 48.5 Å². The van der Waals surface area contributed by atoms with Crippen LogP contribution in [0.25, 0.3) is 11.4 Å². The molecule has 0 radical (unpaired) electrons. The first-order valence-electron chi connectivity index (χ1n) is 11.9. The van der Waals surface area contributed by atoms with Crippen molar-refractivity contribution in [3.05, 3.63) is 59.9 Å². The third-order valence-corrected chi connectivity index (χ3v) is 6.26. The molecule has 2 N–H and O–H groups in total. The molecule has 0 saturated carbocycles. The Morgan fingerprint density at radius 3 is 2.82 bits per heavy atom. The number of carbonyl (C=O) groups is 1. The molecule has 2 aromatic carbocycles. The number of hydrogen-bond donors (Lipinski definition) is 2. The molecule has 2 amide bonds. The fraction of sp³-hybridized carbons (Fsp3) is 0.440. The number of benzene rings is 2. The molecule has 1 aliphatic heterocycles. The molecule has 1 atom stereocenters. The summed E-state index contributed by atoms with van der Waals surface area (Å²) in [6.45, 7) is 3.84. The standard InChI is InChI=1S/C25H32FN7O/c1-32-24(29-30-31-32)21-8-4-9-23(16-21)28-25(34)27-17-20-7-5-15-33(18-20)14-3-2-6-19-10-12-22(26)13-11-19/h4,8-13,16,20H,2-3,5-7,14-15,17-18H2,1H3,(H2,27,28,34)/t20-/m0/s1. The van der Waals surface area contributed by atoms with E-state index in [9.17, 15) is 9.18 Å². The molecule has 9 heteroatoms. The molecule has 8 nitrogen and oxygen atoms in total. The highest BCUT2D eigenvalue weighted by atomic mass is 19.1. The molecule has 34 heavy (non-hydrogen) atoms. The Labute approximate surface area is 199 Å². The van der Waals surface area contributed by atoms with Gasteiger partial charge in [-0.25, -0.2) is 13.9 Å². The van der Waals surface area contributed by atoms with Crippen molar-refractivity contribution >= 4 is 11.7 Å². The molecule has 1 fully saturated rings. The lowest BCUT2D eigenvalue weighted by molar-refractivity contribution is 0.170. The van der Waals surface area contributed by atoms with E-state index in [1.165, 1.54) is 17.7 Å². The summed E-state index contributed by atoms with van der Waals surface area (Å²) in [6.07, 6.45) is 5.47.